The van der Waals surface area contributed by atoms with Gasteiger partial charge in [0.15, 0.2) is 5.82 Å². The molecule has 0 saturated carbocycles. The number of methoxy groups -OCH3 is 2. The van der Waals surface area contributed by atoms with Crippen LogP contribution >= 0.6 is 0 Å². The minimum absolute atomic E-state index is 0.749. The largest absolute Gasteiger partial charge is 0.497 e. The zero-order valence-corrected chi connectivity index (χ0v) is 20.1. The van der Waals surface area contributed by atoms with Crippen LogP contribution in [0.25, 0.3) is 16.5 Å². The van der Waals surface area contributed by atoms with E-state index in [1.807, 2.05) is 43.3 Å². The van der Waals surface area contributed by atoms with Gasteiger partial charge in [-0.05, 0) is 44.2 Å². The highest BCUT2D eigenvalue weighted by Crippen LogP contribution is 2.36. The van der Waals surface area contributed by atoms with Gasteiger partial charge in [-0.15, -0.1) is 5.10 Å². The van der Waals surface area contributed by atoms with Crippen LogP contribution < -0.4 is 25.0 Å². The minimum atomic E-state index is 0.749. The zero-order chi connectivity index (χ0) is 23.8. The molecule has 0 atom stereocenters. The fraction of sp³-hybridized carbons (Fsp3) is 0.308. The maximum atomic E-state index is 5.99. The molecule has 0 radical (unpaired) electrons. The first-order chi connectivity index (χ1) is 16.5. The van der Waals surface area contributed by atoms with E-state index in [1.165, 1.54) is 0 Å². The molecular formula is C26H30N6O2. The quantitative estimate of drug-likeness (QED) is 0.453. The maximum Gasteiger partial charge on any atom is 0.161 e. The lowest BCUT2D eigenvalue weighted by molar-refractivity contribution is 0.393. The molecule has 1 fully saturated rings. The Kier molecular flexibility index (Phi) is 5.65. The Labute approximate surface area is 199 Å². The summed E-state index contributed by atoms with van der Waals surface area (Å²) < 4.78 is 13.2. The van der Waals surface area contributed by atoms with E-state index in [0.717, 1.165) is 82.7 Å². The molecule has 1 aliphatic rings. The van der Waals surface area contributed by atoms with E-state index >= 15 is 0 Å². The molecule has 5 rings (SSSR count). The lowest BCUT2D eigenvalue weighted by atomic mass is 10.1. The van der Waals surface area contributed by atoms with Crippen LogP contribution in [0.3, 0.4) is 0 Å². The van der Waals surface area contributed by atoms with Gasteiger partial charge in [0.1, 0.15) is 11.5 Å². The molecule has 0 bridgehead atoms. The molecule has 3 heterocycles. The second-order valence-corrected chi connectivity index (χ2v) is 8.59. The zero-order valence-electron chi connectivity index (χ0n) is 20.1. The molecule has 0 aliphatic carbocycles. The third-order valence-corrected chi connectivity index (χ3v) is 6.62. The number of nitrogens with zero attached hydrogens (tertiary/aromatic N) is 5. The number of aryl methyl sites for hydroxylation is 2. The van der Waals surface area contributed by atoms with E-state index in [1.54, 1.807) is 14.2 Å². The molecule has 0 spiro atoms. The molecule has 2 aromatic heterocycles. The summed E-state index contributed by atoms with van der Waals surface area (Å²) in [6.07, 6.45) is 2.13. The van der Waals surface area contributed by atoms with Crippen LogP contribution in [0.4, 0.5) is 17.2 Å². The van der Waals surface area contributed by atoms with Gasteiger partial charge in [-0.1, -0.05) is 6.07 Å². The Morgan fingerprint density at radius 1 is 0.882 bits per heavy atom. The van der Waals surface area contributed by atoms with Crippen molar-refractivity contribution in [1.82, 2.24) is 14.8 Å². The molecule has 1 aliphatic heterocycles. The second kappa shape index (κ2) is 8.78. The molecule has 176 valence electrons. The highest BCUT2D eigenvalue weighted by atomic mass is 16.5. The molecule has 8 heteroatoms. The molecule has 2 N–H and O–H groups in total. The smallest absolute Gasteiger partial charge is 0.161 e. The first kappa shape index (κ1) is 21.9. The van der Waals surface area contributed by atoms with Crippen molar-refractivity contribution in [3.8, 4) is 17.2 Å². The predicted octanol–water partition coefficient (Wildman–Crippen LogP) is 3.96. The topological polar surface area (TPSA) is 81.7 Å². The maximum absolute atomic E-state index is 5.99. The summed E-state index contributed by atoms with van der Waals surface area (Å²) in [6, 6.07) is 13.9. The van der Waals surface area contributed by atoms with E-state index in [-0.39, 0.29) is 0 Å². The first-order valence-corrected chi connectivity index (χ1v) is 11.4. The number of nitrogens with two attached hydrogens (primary N) is 1. The summed E-state index contributed by atoms with van der Waals surface area (Å²) in [5.41, 5.74) is 10.9. The highest BCUT2D eigenvalue weighted by Gasteiger charge is 2.24. The molecule has 0 unspecified atom stereocenters. The van der Waals surface area contributed by atoms with Gasteiger partial charge in [0.05, 0.1) is 25.6 Å². The average molecular weight is 459 g/mol. The summed E-state index contributed by atoms with van der Waals surface area (Å²) in [7, 11) is 3.33. The standard InChI is InChI=1S/C26H30N6O2/c1-17-22-16-32(23-9-8-21(33-3)15-24(23)34-4)18(2)25(22)26(29-28-17)31-12-10-30(11-13-31)20-7-5-6-19(27)14-20/h5-9,14-16H,10-13,27H2,1-4H3. The van der Waals surface area contributed by atoms with Crippen LogP contribution in [0.1, 0.15) is 11.4 Å². The van der Waals surface area contributed by atoms with Crippen LogP contribution in [0.2, 0.25) is 0 Å². The van der Waals surface area contributed by atoms with E-state index in [0.29, 0.717) is 0 Å². The lowest BCUT2D eigenvalue weighted by Crippen LogP contribution is -2.47. The number of piperazine rings is 1. The molecule has 4 aromatic rings. The Morgan fingerprint density at radius 3 is 2.35 bits per heavy atom. The number of nitrogen functional groups attached to an aromatic ring is 1. The molecule has 34 heavy (non-hydrogen) atoms. The van der Waals surface area contributed by atoms with Crippen LogP contribution in [0.15, 0.2) is 48.7 Å². The van der Waals surface area contributed by atoms with E-state index < -0.39 is 0 Å². The van der Waals surface area contributed by atoms with Crippen molar-refractivity contribution in [1.29, 1.82) is 0 Å². The Bertz CT molecular complexity index is 1340. The first-order valence-electron chi connectivity index (χ1n) is 11.4. The Morgan fingerprint density at radius 2 is 1.65 bits per heavy atom. The van der Waals surface area contributed by atoms with Crippen LogP contribution in [-0.4, -0.2) is 55.2 Å². The molecule has 0 amide bonds. The van der Waals surface area contributed by atoms with Gasteiger partial charge in [-0.25, -0.2) is 0 Å². The lowest BCUT2D eigenvalue weighted by Gasteiger charge is -2.37. The highest BCUT2D eigenvalue weighted by molar-refractivity contribution is 5.96. The predicted molar refractivity (Wildman–Crippen MR) is 137 cm³/mol. The van der Waals surface area contributed by atoms with Crippen LogP contribution in [-0.2, 0) is 0 Å². The third kappa shape index (κ3) is 3.75. The Hall–Kier alpha value is -3.94. The summed E-state index contributed by atoms with van der Waals surface area (Å²) in [5.74, 6) is 2.43. The van der Waals surface area contributed by atoms with E-state index in [2.05, 4.69) is 43.8 Å². The molecular weight excluding hydrogens is 428 g/mol. The van der Waals surface area contributed by atoms with Crippen molar-refractivity contribution in [3.05, 3.63) is 60.0 Å². The Balaban J connectivity index is 1.51. The number of benzene rings is 2. The second-order valence-electron chi connectivity index (χ2n) is 8.59. The SMILES string of the molecule is COc1ccc(-n2cc3c(C)nnc(N4CCN(c5cccc(N)c5)CC4)c3c2C)c(OC)c1. The molecule has 1 saturated heterocycles. The van der Waals surface area contributed by atoms with Gasteiger partial charge < -0.3 is 29.6 Å². The monoisotopic (exact) mass is 458 g/mol. The van der Waals surface area contributed by atoms with E-state index in [4.69, 9.17) is 15.2 Å². The average Bonchev–Trinajstić information content (AvgIpc) is 3.22. The van der Waals surface area contributed by atoms with Gasteiger partial charge >= 0.3 is 0 Å². The number of aromatic nitrogens is 3. The summed E-state index contributed by atoms with van der Waals surface area (Å²) in [5, 5.41) is 11.4. The van der Waals surface area contributed by atoms with Crippen LogP contribution in [0.5, 0.6) is 11.5 Å². The minimum Gasteiger partial charge on any atom is -0.497 e. The summed E-state index contributed by atoms with van der Waals surface area (Å²) in [4.78, 5) is 4.70. The normalized spacial score (nSPS) is 14.0. The number of ether oxygens (including phenoxy) is 2. The van der Waals surface area contributed by atoms with Crippen molar-refractivity contribution < 1.29 is 9.47 Å². The van der Waals surface area contributed by atoms with Gasteiger partial charge in [0, 0.05) is 66.3 Å². The van der Waals surface area contributed by atoms with Crippen LogP contribution in [0, 0.1) is 13.8 Å². The number of hydrogen-bond donors (Lipinski definition) is 1. The van der Waals surface area contributed by atoms with Gasteiger partial charge in [0.2, 0.25) is 0 Å². The van der Waals surface area contributed by atoms with Crippen molar-refractivity contribution >= 4 is 28.0 Å². The summed E-state index contributed by atoms with van der Waals surface area (Å²) in [6.45, 7) is 7.64. The van der Waals surface area contributed by atoms with Crippen molar-refractivity contribution in [2.24, 2.45) is 0 Å². The fourth-order valence-electron chi connectivity index (χ4n) is 4.74. The number of rotatable bonds is 5. The van der Waals surface area contributed by atoms with Gasteiger partial charge in [-0.2, -0.15) is 5.10 Å². The van der Waals surface area contributed by atoms with Crippen molar-refractivity contribution in [2.75, 3.05) is 55.9 Å². The fourth-order valence-corrected chi connectivity index (χ4v) is 4.74. The number of anilines is 3. The number of fused-ring (bicyclic) bond motifs is 1. The number of hydrogen-bond acceptors (Lipinski definition) is 7. The molecule has 8 nitrogen and oxygen atoms in total. The van der Waals surface area contributed by atoms with Gasteiger partial charge in [0.25, 0.3) is 0 Å². The van der Waals surface area contributed by atoms with E-state index in [9.17, 15) is 0 Å². The van der Waals surface area contributed by atoms with Crippen molar-refractivity contribution in [3.63, 3.8) is 0 Å². The third-order valence-electron chi connectivity index (χ3n) is 6.62. The molecule has 2 aromatic carbocycles. The van der Waals surface area contributed by atoms with Gasteiger partial charge in [-0.3, -0.25) is 0 Å². The van der Waals surface area contributed by atoms with Crippen molar-refractivity contribution in [2.45, 2.75) is 13.8 Å². The summed E-state index contributed by atoms with van der Waals surface area (Å²) >= 11 is 0.